The van der Waals surface area contributed by atoms with Gasteiger partial charge in [-0.3, -0.25) is 0 Å². The maximum atomic E-state index is 9.10. The average Bonchev–Trinajstić information content (AvgIpc) is 2.26. The first-order valence-electron chi connectivity index (χ1n) is 5.60. The summed E-state index contributed by atoms with van der Waals surface area (Å²) < 4.78 is 0. The van der Waals surface area contributed by atoms with Crippen LogP contribution in [0.2, 0.25) is 0 Å². The Morgan fingerprint density at radius 1 is 1.27 bits per heavy atom. The topological polar surface area (TPSA) is 32.3 Å². The fourth-order valence-electron chi connectivity index (χ4n) is 1.60. The lowest BCUT2D eigenvalue weighted by Gasteiger charge is -2.20. The van der Waals surface area contributed by atoms with Crippen molar-refractivity contribution in [1.29, 1.82) is 0 Å². The number of aliphatic hydroxyl groups excluding tert-OH is 1. The van der Waals surface area contributed by atoms with E-state index in [1.807, 2.05) is 0 Å². The molecule has 0 heterocycles. The second-order valence-electron chi connectivity index (χ2n) is 4.09. The zero-order valence-electron chi connectivity index (χ0n) is 9.83. The van der Waals surface area contributed by atoms with Gasteiger partial charge in [-0.05, 0) is 25.8 Å². The lowest BCUT2D eigenvalue weighted by Crippen LogP contribution is -2.33. The molecule has 0 spiro atoms. The molecule has 0 aromatic heterocycles. The van der Waals surface area contributed by atoms with Crippen LogP contribution in [0.4, 0.5) is 0 Å². The van der Waals surface area contributed by atoms with Crippen molar-refractivity contribution < 1.29 is 5.11 Å². The number of rotatable bonds is 5. The van der Waals surface area contributed by atoms with Crippen molar-refractivity contribution >= 4 is 0 Å². The van der Waals surface area contributed by atoms with Gasteiger partial charge in [0.05, 0.1) is 6.61 Å². The van der Waals surface area contributed by atoms with Gasteiger partial charge in [-0.15, -0.1) is 0 Å². The predicted octanol–water partition coefficient (Wildman–Crippen LogP) is 2.42. The third-order valence-electron chi connectivity index (χ3n) is 2.78. The van der Waals surface area contributed by atoms with E-state index in [9.17, 15) is 0 Å². The Hall–Kier alpha value is -0.860. The number of hydrogen-bond donors (Lipinski definition) is 2. The highest BCUT2D eigenvalue weighted by Crippen LogP contribution is 2.14. The molecule has 0 bridgehead atoms. The summed E-state index contributed by atoms with van der Waals surface area (Å²) in [5, 5.41) is 12.5. The largest absolute Gasteiger partial charge is 0.395 e. The van der Waals surface area contributed by atoms with Crippen molar-refractivity contribution in [2.24, 2.45) is 0 Å². The van der Waals surface area contributed by atoms with E-state index in [2.05, 4.69) is 50.4 Å². The Kier molecular flexibility index (Phi) is 4.79. The van der Waals surface area contributed by atoms with Crippen LogP contribution in [0.1, 0.15) is 37.4 Å². The van der Waals surface area contributed by atoms with Gasteiger partial charge in [0.15, 0.2) is 0 Å². The van der Waals surface area contributed by atoms with Crippen molar-refractivity contribution in [2.75, 3.05) is 6.61 Å². The van der Waals surface area contributed by atoms with Crippen LogP contribution in [0, 0.1) is 6.92 Å². The number of aryl methyl sites for hydroxylation is 1. The normalized spacial score (nSPS) is 14.9. The summed E-state index contributed by atoms with van der Waals surface area (Å²) in [7, 11) is 0. The minimum absolute atomic E-state index is 0.196. The quantitative estimate of drug-likeness (QED) is 0.777. The second-order valence-corrected chi connectivity index (χ2v) is 4.09. The summed E-state index contributed by atoms with van der Waals surface area (Å²) in [5.74, 6) is 0. The highest BCUT2D eigenvalue weighted by atomic mass is 16.3. The Morgan fingerprint density at radius 2 is 1.87 bits per heavy atom. The van der Waals surface area contributed by atoms with Crippen LogP contribution >= 0.6 is 0 Å². The van der Waals surface area contributed by atoms with E-state index in [1.165, 1.54) is 11.1 Å². The SMILES string of the molecule is CC[C@H](CO)N[C@H](C)c1ccc(C)cc1. The molecule has 0 saturated carbocycles. The molecule has 0 saturated heterocycles. The predicted molar refractivity (Wildman–Crippen MR) is 63.9 cm³/mol. The number of nitrogens with one attached hydrogen (secondary N) is 1. The van der Waals surface area contributed by atoms with Gasteiger partial charge in [-0.2, -0.15) is 0 Å². The highest BCUT2D eigenvalue weighted by Gasteiger charge is 2.10. The fraction of sp³-hybridized carbons (Fsp3) is 0.538. The molecule has 0 aliphatic carbocycles. The summed E-state index contributed by atoms with van der Waals surface area (Å²) in [4.78, 5) is 0. The standard InChI is InChI=1S/C13H21NO/c1-4-13(9-15)14-11(3)12-7-5-10(2)6-8-12/h5-8,11,13-15H,4,9H2,1-3H3/t11-,13-/m1/s1. The molecule has 2 heteroatoms. The van der Waals surface area contributed by atoms with Crippen LogP contribution < -0.4 is 5.32 Å². The van der Waals surface area contributed by atoms with Gasteiger partial charge in [0, 0.05) is 12.1 Å². The van der Waals surface area contributed by atoms with E-state index in [0.717, 1.165) is 6.42 Å². The average molecular weight is 207 g/mol. The Balaban J connectivity index is 2.60. The maximum Gasteiger partial charge on any atom is 0.0584 e. The second kappa shape index (κ2) is 5.89. The summed E-state index contributed by atoms with van der Waals surface area (Å²) in [6, 6.07) is 9.00. The van der Waals surface area contributed by atoms with Gasteiger partial charge in [-0.25, -0.2) is 0 Å². The van der Waals surface area contributed by atoms with Crippen molar-refractivity contribution in [1.82, 2.24) is 5.32 Å². The molecule has 2 nitrogen and oxygen atoms in total. The van der Waals surface area contributed by atoms with Gasteiger partial charge in [-0.1, -0.05) is 36.8 Å². The molecule has 84 valence electrons. The Bertz CT molecular complexity index is 277. The molecular weight excluding hydrogens is 186 g/mol. The summed E-state index contributed by atoms with van der Waals surface area (Å²) in [5.41, 5.74) is 2.55. The van der Waals surface area contributed by atoms with Gasteiger partial charge in [0.25, 0.3) is 0 Å². The van der Waals surface area contributed by atoms with E-state index in [4.69, 9.17) is 5.11 Å². The van der Waals surface area contributed by atoms with Gasteiger partial charge >= 0.3 is 0 Å². The van der Waals surface area contributed by atoms with E-state index in [1.54, 1.807) is 0 Å². The zero-order valence-corrected chi connectivity index (χ0v) is 9.83. The van der Waals surface area contributed by atoms with Crippen molar-refractivity contribution in [3.8, 4) is 0 Å². The van der Waals surface area contributed by atoms with Gasteiger partial charge in [0.1, 0.15) is 0 Å². The smallest absolute Gasteiger partial charge is 0.0584 e. The minimum atomic E-state index is 0.196. The van der Waals surface area contributed by atoms with E-state index < -0.39 is 0 Å². The first-order valence-corrected chi connectivity index (χ1v) is 5.60. The lowest BCUT2D eigenvalue weighted by atomic mass is 10.1. The third kappa shape index (κ3) is 3.65. The third-order valence-corrected chi connectivity index (χ3v) is 2.78. The molecule has 0 radical (unpaired) electrons. The van der Waals surface area contributed by atoms with E-state index in [0.29, 0.717) is 6.04 Å². The van der Waals surface area contributed by atoms with Crippen molar-refractivity contribution in [3.63, 3.8) is 0 Å². The van der Waals surface area contributed by atoms with Crippen molar-refractivity contribution in [2.45, 2.75) is 39.3 Å². The molecular formula is C13H21NO. The van der Waals surface area contributed by atoms with Crippen LogP contribution in [-0.2, 0) is 0 Å². The first kappa shape index (κ1) is 12.2. The fourth-order valence-corrected chi connectivity index (χ4v) is 1.60. The lowest BCUT2D eigenvalue weighted by molar-refractivity contribution is 0.230. The molecule has 1 aromatic carbocycles. The Morgan fingerprint density at radius 3 is 2.33 bits per heavy atom. The molecule has 2 N–H and O–H groups in total. The molecule has 1 rings (SSSR count). The van der Waals surface area contributed by atoms with E-state index in [-0.39, 0.29) is 12.6 Å². The van der Waals surface area contributed by atoms with Crippen molar-refractivity contribution in [3.05, 3.63) is 35.4 Å². The van der Waals surface area contributed by atoms with Crippen LogP contribution in [0.5, 0.6) is 0 Å². The highest BCUT2D eigenvalue weighted by molar-refractivity contribution is 5.23. The molecule has 0 aliphatic heterocycles. The van der Waals surface area contributed by atoms with Crippen LogP contribution in [-0.4, -0.2) is 17.8 Å². The number of hydrogen-bond acceptors (Lipinski definition) is 2. The molecule has 0 aliphatic rings. The molecule has 0 unspecified atom stereocenters. The number of aliphatic hydroxyl groups is 1. The number of benzene rings is 1. The molecule has 1 aromatic rings. The van der Waals surface area contributed by atoms with Crippen LogP contribution in [0.15, 0.2) is 24.3 Å². The monoisotopic (exact) mass is 207 g/mol. The van der Waals surface area contributed by atoms with Crippen LogP contribution in [0.25, 0.3) is 0 Å². The Labute approximate surface area is 92.3 Å². The zero-order chi connectivity index (χ0) is 11.3. The van der Waals surface area contributed by atoms with E-state index >= 15 is 0 Å². The van der Waals surface area contributed by atoms with Crippen LogP contribution in [0.3, 0.4) is 0 Å². The summed E-state index contributed by atoms with van der Waals surface area (Å²) in [6.45, 7) is 6.50. The van der Waals surface area contributed by atoms with Gasteiger partial charge in [0.2, 0.25) is 0 Å². The molecule has 0 amide bonds. The molecule has 15 heavy (non-hydrogen) atoms. The maximum absolute atomic E-state index is 9.10. The van der Waals surface area contributed by atoms with Gasteiger partial charge < -0.3 is 10.4 Å². The summed E-state index contributed by atoms with van der Waals surface area (Å²) >= 11 is 0. The molecule has 2 atom stereocenters. The first-order chi connectivity index (χ1) is 7.17. The molecule has 0 fully saturated rings. The minimum Gasteiger partial charge on any atom is -0.395 e. The summed E-state index contributed by atoms with van der Waals surface area (Å²) in [6.07, 6.45) is 0.951.